The first-order valence-electron chi connectivity index (χ1n) is 8.62. The van der Waals surface area contributed by atoms with Crippen molar-refractivity contribution in [1.29, 1.82) is 0 Å². The lowest BCUT2D eigenvalue weighted by atomic mass is 9.93. The molecule has 1 aliphatic rings. The van der Waals surface area contributed by atoms with Gasteiger partial charge in [0.15, 0.2) is 0 Å². The molecule has 0 saturated heterocycles. The van der Waals surface area contributed by atoms with E-state index in [2.05, 4.69) is 15.5 Å². The second kappa shape index (κ2) is 6.59. The number of H-pyrrole nitrogens is 1. The highest BCUT2D eigenvalue weighted by Crippen LogP contribution is 2.28. The highest BCUT2D eigenvalue weighted by atomic mass is 16.5. The van der Waals surface area contributed by atoms with E-state index in [4.69, 9.17) is 4.74 Å². The first-order valence-corrected chi connectivity index (χ1v) is 8.62. The predicted molar refractivity (Wildman–Crippen MR) is 96.6 cm³/mol. The average molecular weight is 335 g/mol. The second-order valence-corrected chi connectivity index (χ2v) is 6.50. The molecule has 1 aromatic heterocycles. The molecule has 1 aliphatic carbocycles. The van der Waals surface area contributed by atoms with Gasteiger partial charge in [0.1, 0.15) is 5.75 Å². The molecule has 0 fully saturated rings. The Morgan fingerprint density at radius 3 is 3.16 bits per heavy atom. The summed E-state index contributed by atoms with van der Waals surface area (Å²) in [6.45, 7) is 0. The summed E-state index contributed by atoms with van der Waals surface area (Å²) in [5.41, 5.74) is 3.28. The number of fused-ring (bicyclic) bond motifs is 2. The lowest BCUT2D eigenvalue weighted by molar-refractivity contribution is -0.121. The molecule has 3 aromatic rings. The Morgan fingerprint density at radius 1 is 1.36 bits per heavy atom. The van der Waals surface area contributed by atoms with Crippen LogP contribution in [0.25, 0.3) is 10.8 Å². The number of methoxy groups -OCH3 is 1. The third kappa shape index (κ3) is 3.09. The molecule has 1 atom stereocenters. The molecule has 5 nitrogen and oxygen atoms in total. The van der Waals surface area contributed by atoms with Crippen molar-refractivity contribution in [3.8, 4) is 5.75 Å². The van der Waals surface area contributed by atoms with Gasteiger partial charge >= 0.3 is 0 Å². The van der Waals surface area contributed by atoms with E-state index in [-0.39, 0.29) is 11.9 Å². The Balaban J connectivity index is 1.55. The van der Waals surface area contributed by atoms with Gasteiger partial charge in [-0.2, -0.15) is 5.10 Å². The van der Waals surface area contributed by atoms with E-state index in [9.17, 15) is 4.79 Å². The first-order chi connectivity index (χ1) is 12.2. The Kier molecular flexibility index (Phi) is 4.14. The van der Waals surface area contributed by atoms with Crippen molar-refractivity contribution in [1.82, 2.24) is 15.5 Å². The van der Waals surface area contributed by atoms with Crippen molar-refractivity contribution < 1.29 is 9.53 Å². The third-order valence-electron chi connectivity index (χ3n) is 4.90. The lowest BCUT2D eigenvalue weighted by Crippen LogP contribution is -2.32. The number of carbonyl (C=O) groups excluding carboxylic acids is 1. The second-order valence-electron chi connectivity index (χ2n) is 6.50. The molecule has 25 heavy (non-hydrogen) atoms. The molecule has 0 saturated carbocycles. The summed E-state index contributed by atoms with van der Waals surface area (Å²) in [5, 5.41) is 12.5. The van der Waals surface area contributed by atoms with Gasteiger partial charge in [0.2, 0.25) is 5.91 Å². The maximum absolute atomic E-state index is 12.6. The molecule has 0 aliphatic heterocycles. The SMILES string of the molecule is COc1ccc2cccc(CC(=O)N[C@@H]3CCCc4cn[nH]c43)c2c1. The predicted octanol–water partition coefficient (Wildman–Crippen LogP) is 3.31. The van der Waals surface area contributed by atoms with Crippen LogP contribution in [0.2, 0.25) is 0 Å². The Bertz CT molecular complexity index is 916. The fourth-order valence-corrected chi connectivity index (χ4v) is 3.62. The Morgan fingerprint density at radius 2 is 2.28 bits per heavy atom. The van der Waals surface area contributed by atoms with E-state index in [0.717, 1.165) is 47.0 Å². The zero-order chi connectivity index (χ0) is 17.2. The summed E-state index contributed by atoms with van der Waals surface area (Å²) >= 11 is 0. The number of aromatic amines is 1. The van der Waals surface area contributed by atoms with Crippen molar-refractivity contribution in [2.24, 2.45) is 0 Å². The van der Waals surface area contributed by atoms with Crippen LogP contribution in [0, 0.1) is 0 Å². The molecule has 1 heterocycles. The normalized spacial score (nSPS) is 16.4. The number of hydrogen-bond donors (Lipinski definition) is 2. The number of benzene rings is 2. The molecule has 0 unspecified atom stereocenters. The largest absolute Gasteiger partial charge is 0.497 e. The smallest absolute Gasteiger partial charge is 0.224 e. The lowest BCUT2D eigenvalue weighted by Gasteiger charge is -2.23. The minimum absolute atomic E-state index is 0.0303. The van der Waals surface area contributed by atoms with E-state index < -0.39 is 0 Å². The molecule has 0 spiro atoms. The molecule has 1 amide bonds. The van der Waals surface area contributed by atoms with Crippen LogP contribution in [0.5, 0.6) is 5.75 Å². The molecule has 0 bridgehead atoms. The highest BCUT2D eigenvalue weighted by Gasteiger charge is 2.23. The molecule has 0 radical (unpaired) electrons. The number of aromatic nitrogens is 2. The zero-order valence-electron chi connectivity index (χ0n) is 14.2. The monoisotopic (exact) mass is 335 g/mol. The molecule has 2 N–H and O–H groups in total. The van der Waals surface area contributed by atoms with E-state index in [0.29, 0.717) is 6.42 Å². The van der Waals surface area contributed by atoms with Crippen LogP contribution in [0.1, 0.15) is 35.7 Å². The Hall–Kier alpha value is -2.82. The number of carbonyl (C=O) groups is 1. The van der Waals surface area contributed by atoms with Gasteiger partial charge in [-0.25, -0.2) is 0 Å². The Labute approximate surface area is 146 Å². The van der Waals surface area contributed by atoms with E-state index in [1.165, 1.54) is 5.56 Å². The van der Waals surface area contributed by atoms with E-state index in [1.807, 2.05) is 42.6 Å². The van der Waals surface area contributed by atoms with Crippen LogP contribution in [0.3, 0.4) is 0 Å². The van der Waals surface area contributed by atoms with Crippen LogP contribution < -0.4 is 10.1 Å². The quantitative estimate of drug-likeness (QED) is 0.769. The maximum Gasteiger partial charge on any atom is 0.224 e. The van der Waals surface area contributed by atoms with Gasteiger partial charge in [-0.3, -0.25) is 9.89 Å². The van der Waals surface area contributed by atoms with Gasteiger partial charge < -0.3 is 10.1 Å². The van der Waals surface area contributed by atoms with Crippen molar-refractivity contribution in [3.63, 3.8) is 0 Å². The fraction of sp³-hybridized carbons (Fsp3) is 0.300. The highest BCUT2D eigenvalue weighted by molar-refractivity contribution is 5.91. The first kappa shape index (κ1) is 15.7. The maximum atomic E-state index is 12.6. The van der Waals surface area contributed by atoms with E-state index >= 15 is 0 Å². The summed E-state index contributed by atoms with van der Waals surface area (Å²) < 4.78 is 5.32. The zero-order valence-corrected chi connectivity index (χ0v) is 14.2. The van der Waals surface area contributed by atoms with Crippen molar-refractivity contribution >= 4 is 16.7 Å². The molecule has 2 aromatic carbocycles. The molecular formula is C20H21N3O2. The van der Waals surface area contributed by atoms with Crippen LogP contribution in [0.15, 0.2) is 42.6 Å². The summed E-state index contributed by atoms with van der Waals surface area (Å²) in [6.07, 6.45) is 5.27. The topological polar surface area (TPSA) is 67.0 Å². The van der Waals surface area contributed by atoms with Gasteiger partial charge in [-0.15, -0.1) is 0 Å². The number of hydrogen-bond acceptors (Lipinski definition) is 3. The van der Waals surface area contributed by atoms with Crippen molar-refractivity contribution in [2.75, 3.05) is 7.11 Å². The number of nitrogens with one attached hydrogen (secondary N) is 2. The van der Waals surface area contributed by atoms with Crippen LogP contribution in [0.4, 0.5) is 0 Å². The number of amides is 1. The summed E-state index contributed by atoms with van der Waals surface area (Å²) in [4.78, 5) is 12.6. The van der Waals surface area contributed by atoms with Gasteiger partial charge in [0, 0.05) is 0 Å². The van der Waals surface area contributed by atoms with Crippen molar-refractivity contribution in [2.45, 2.75) is 31.7 Å². The van der Waals surface area contributed by atoms with Crippen molar-refractivity contribution in [3.05, 3.63) is 59.4 Å². The summed E-state index contributed by atoms with van der Waals surface area (Å²) in [5.74, 6) is 0.831. The summed E-state index contributed by atoms with van der Waals surface area (Å²) in [7, 11) is 1.65. The number of ether oxygens (including phenoxy) is 1. The van der Waals surface area contributed by atoms with E-state index in [1.54, 1.807) is 7.11 Å². The van der Waals surface area contributed by atoms with Gasteiger partial charge in [-0.05, 0) is 53.3 Å². The number of rotatable bonds is 4. The molecule has 128 valence electrons. The third-order valence-corrected chi connectivity index (χ3v) is 4.90. The van der Waals surface area contributed by atoms with Gasteiger partial charge in [0.05, 0.1) is 31.5 Å². The number of aryl methyl sites for hydroxylation is 1. The minimum Gasteiger partial charge on any atom is -0.497 e. The fourth-order valence-electron chi connectivity index (χ4n) is 3.62. The number of nitrogens with zero attached hydrogens (tertiary/aromatic N) is 1. The van der Waals surface area contributed by atoms with Gasteiger partial charge in [-0.1, -0.05) is 24.3 Å². The van der Waals surface area contributed by atoms with Crippen LogP contribution in [-0.2, 0) is 17.6 Å². The van der Waals surface area contributed by atoms with Crippen LogP contribution >= 0.6 is 0 Å². The average Bonchev–Trinajstić information content (AvgIpc) is 3.11. The summed E-state index contributed by atoms with van der Waals surface area (Å²) in [6, 6.07) is 12.0. The van der Waals surface area contributed by atoms with Gasteiger partial charge in [0.25, 0.3) is 0 Å². The molecular weight excluding hydrogens is 314 g/mol. The standard InChI is InChI=1S/C20H21N3O2/c1-25-16-9-8-13-4-2-5-14(17(13)11-16)10-19(24)22-18-7-3-6-15-12-21-23-20(15)18/h2,4-5,8-9,11-12,18H,3,6-7,10H2,1H3,(H,21,23)(H,22,24)/t18-/m1/s1. The molecule has 5 heteroatoms. The minimum atomic E-state index is 0.0303. The van der Waals surface area contributed by atoms with Crippen LogP contribution in [-0.4, -0.2) is 23.2 Å². The molecule has 4 rings (SSSR count).